The summed E-state index contributed by atoms with van der Waals surface area (Å²) in [6.07, 6.45) is 0.291. The van der Waals surface area contributed by atoms with Gasteiger partial charge in [0.1, 0.15) is 12.4 Å². The van der Waals surface area contributed by atoms with Gasteiger partial charge in [-0.05, 0) is 29.8 Å². The molecule has 25 heavy (non-hydrogen) atoms. The van der Waals surface area contributed by atoms with Crippen molar-refractivity contribution < 1.29 is 4.74 Å². The molecule has 0 heterocycles. The lowest BCUT2D eigenvalue weighted by atomic mass is 10.2. The number of hydrazone groups is 1. The molecule has 0 aliphatic rings. The van der Waals surface area contributed by atoms with Gasteiger partial charge in [-0.15, -0.1) is 5.10 Å². The van der Waals surface area contributed by atoms with Crippen LogP contribution >= 0.6 is 0 Å². The SMILES string of the molecule is CC.N#CCCN(N)/N=C(\N)c1ccc(OCc2ccccc2)cc1. The molecular weight excluding hydrogens is 314 g/mol. The Morgan fingerprint density at radius 1 is 1.12 bits per heavy atom. The average Bonchev–Trinajstić information content (AvgIpc) is 2.67. The lowest BCUT2D eigenvalue weighted by molar-refractivity contribution is 0.305. The van der Waals surface area contributed by atoms with Crippen LogP contribution in [-0.2, 0) is 6.61 Å². The summed E-state index contributed by atoms with van der Waals surface area (Å²) in [6.45, 7) is 4.84. The Morgan fingerprint density at radius 2 is 1.76 bits per heavy atom. The standard InChI is InChI=1S/C17H19N5O.C2H6/c18-11-4-12-22(20)21-17(19)15-7-9-16(10-8-15)23-13-14-5-2-1-3-6-14;1-2/h1-3,5-10H,4,12-13,20H2,(H2,19,21);1-2H3. The Labute approximate surface area is 149 Å². The van der Waals surface area contributed by atoms with Gasteiger partial charge in [-0.3, -0.25) is 0 Å². The van der Waals surface area contributed by atoms with Crippen molar-refractivity contribution in [1.29, 1.82) is 5.26 Å². The van der Waals surface area contributed by atoms with Crippen molar-refractivity contribution in [1.82, 2.24) is 5.12 Å². The van der Waals surface area contributed by atoms with Gasteiger partial charge in [0.15, 0.2) is 5.84 Å². The number of ether oxygens (including phenoxy) is 1. The molecule has 0 aliphatic heterocycles. The molecule has 0 saturated carbocycles. The van der Waals surface area contributed by atoms with Gasteiger partial charge < -0.3 is 10.5 Å². The largest absolute Gasteiger partial charge is 0.489 e. The van der Waals surface area contributed by atoms with E-state index in [1.54, 1.807) is 0 Å². The highest BCUT2D eigenvalue weighted by molar-refractivity contribution is 5.97. The first-order chi connectivity index (χ1) is 12.2. The second-order valence-corrected chi connectivity index (χ2v) is 4.86. The molecule has 2 rings (SSSR count). The summed E-state index contributed by atoms with van der Waals surface area (Å²) in [5, 5.41) is 13.7. The summed E-state index contributed by atoms with van der Waals surface area (Å²) >= 11 is 0. The molecule has 0 radical (unpaired) electrons. The molecular formula is C19H25N5O. The van der Waals surface area contributed by atoms with Crippen LogP contribution in [0.2, 0.25) is 0 Å². The summed E-state index contributed by atoms with van der Waals surface area (Å²) in [6, 6.07) is 19.2. The Bertz CT molecular complexity index is 677. The molecule has 132 valence electrons. The van der Waals surface area contributed by atoms with E-state index < -0.39 is 0 Å². The van der Waals surface area contributed by atoms with E-state index in [9.17, 15) is 0 Å². The normalized spacial score (nSPS) is 10.2. The van der Waals surface area contributed by atoms with Crippen molar-refractivity contribution in [3.05, 3.63) is 65.7 Å². The van der Waals surface area contributed by atoms with Crippen molar-refractivity contribution in [2.45, 2.75) is 26.9 Å². The third-order valence-electron chi connectivity index (χ3n) is 3.09. The molecule has 0 spiro atoms. The number of nitriles is 1. The van der Waals surface area contributed by atoms with Gasteiger partial charge in [0.25, 0.3) is 0 Å². The molecule has 2 aromatic rings. The van der Waals surface area contributed by atoms with Crippen molar-refractivity contribution >= 4 is 5.84 Å². The van der Waals surface area contributed by atoms with Crippen LogP contribution in [-0.4, -0.2) is 17.5 Å². The highest BCUT2D eigenvalue weighted by Gasteiger charge is 2.02. The smallest absolute Gasteiger partial charge is 0.152 e. The number of nitrogens with two attached hydrogens (primary N) is 2. The monoisotopic (exact) mass is 339 g/mol. The summed E-state index contributed by atoms with van der Waals surface area (Å²) in [5.74, 6) is 6.67. The summed E-state index contributed by atoms with van der Waals surface area (Å²) in [4.78, 5) is 0. The number of amidine groups is 1. The van der Waals surface area contributed by atoms with Crippen LogP contribution in [0.15, 0.2) is 59.7 Å². The molecule has 2 aromatic carbocycles. The Balaban J connectivity index is 0.00000151. The predicted molar refractivity (Wildman–Crippen MR) is 100 cm³/mol. The molecule has 6 heteroatoms. The summed E-state index contributed by atoms with van der Waals surface area (Å²) < 4.78 is 5.71. The lowest BCUT2D eigenvalue weighted by Gasteiger charge is -2.12. The zero-order valence-electron chi connectivity index (χ0n) is 14.7. The van der Waals surface area contributed by atoms with Crippen LogP contribution in [0.4, 0.5) is 0 Å². The second-order valence-electron chi connectivity index (χ2n) is 4.86. The van der Waals surface area contributed by atoms with Crippen molar-refractivity contribution in [2.75, 3.05) is 6.54 Å². The average molecular weight is 339 g/mol. The van der Waals surface area contributed by atoms with E-state index in [2.05, 4.69) is 5.10 Å². The molecule has 0 unspecified atom stereocenters. The Morgan fingerprint density at radius 3 is 2.36 bits per heavy atom. The number of hydrogen-bond donors (Lipinski definition) is 2. The highest BCUT2D eigenvalue weighted by atomic mass is 16.5. The van der Waals surface area contributed by atoms with Gasteiger partial charge in [-0.25, -0.2) is 11.0 Å². The van der Waals surface area contributed by atoms with Crippen LogP contribution in [0.1, 0.15) is 31.4 Å². The topological polar surface area (TPSA) is 101 Å². The molecule has 0 aromatic heterocycles. The zero-order valence-corrected chi connectivity index (χ0v) is 14.7. The minimum atomic E-state index is 0.291. The van der Waals surface area contributed by atoms with E-state index in [0.717, 1.165) is 16.9 Å². The number of hydrazine groups is 1. The van der Waals surface area contributed by atoms with Gasteiger partial charge in [0.05, 0.1) is 19.0 Å². The summed E-state index contributed by atoms with van der Waals surface area (Å²) in [5.41, 5.74) is 7.73. The third kappa shape index (κ3) is 7.38. The van der Waals surface area contributed by atoms with E-state index in [1.807, 2.05) is 74.5 Å². The molecule has 0 saturated heterocycles. The van der Waals surface area contributed by atoms with Crippen molar-refractivity contribution in [3.8, 4) is 11.8 Å². The zero-order chi connectivity index (χ0) is 18.5. The quantitative estimate of drug-likeness (QED) is 0.349. The van der Waals surface area contributed by atoms with Gasteiger partial charge >= 0.3 is 0 Å². The van der Waals surface area contributed by atoms with Crippen molar-refractivity contribution in [3.63, 3.8) is 0 Å². The van der Waals surface area contributed by atoms with Gasteiger partial charge in [0.2, 0.25) is 0 Å². The second kappa shape index (κ2) is 11.5. The molecule has 6 nitrogen and oxygen atoms in total. The Kier molecular flexibility index (Phi) is 9.19. The van der Waals surface area contributed by atoms with E-state index in [0.29, 0.717) is 25.4 Å². The van der Waals surface area contributed by atoms with E-state index in [1.165, 1.54) is 5.12 Å². The molecule has 0 amide bonds. The molecule has 0 fully saturated rings. The fourth-order valence-electron chi connectivity index (χ4n) is 1.87. The first kappa shape index (κ1) is 20.0. The van der Waals surface area contributed by atoms with E-state index in [4.69, 9.17) is 21.6 Å². The number of benzene rings is 2. The van der Waals surface area contributed by atoms with Gasteiger partial charge in [-0.1, -0.05) is 44.2 Å². The first-order valence-electron chi connectivity index (χ1n) is 8.19. The van der Waals surface area contributed by atoms with Gasteiger partial charge in [-0.2, -0.15) is 5.26 Å². The van der Waals surface area contributed by atoms with E-state index >= 15 is 0 Å². The third-order valence-corrected chi connectivity index (χ3v) is 3.09. The van der Waals surface area contributed by atoms with E-state index in [-0.39, 0.29) is 0 Å². The van der Waals surface area contributed by atoms with Crippen LogP contribution in [0.5, 0.6) is 5.75 Å². The Hall–Kier alpha value is -3.04. The number of rotatable bonds is 7. The maximum Gasteiger partial charge on any atom is 0.152 e. The summed E-state index contributed by atoms with van der Waals surface area (Å²) in [7, 11) is 0. The van der Waals surface area contributed by atoms with Crippen LogP contribution in [0.3, 0.4) is 0 Å². The van der Waals surface area contributed by atoms with Gasteiger partial charge in [0, 0.05) is 5.56 Å². The maximum atomic E-state index is 8.50. The predicted octanol–water partition coefficient (Wildman–Crippen LogP) is 3.00. The fourth-order valence-corrected chi connectivity index (χ4v) is 1.87. The number of hydrogen-bond acceptors (Lipinski definition) is 5. The molecule has 0 bridgehead atoms. The highest BCUT2D eigenvalue weighted by Crippen LogP contribution is 2.14. The molecule has 0 aliphatic carbocycles. The maximum absolute atomic E-state index is 8.50. The van der Waals surface area contributed by atoms with Crippen LogP contribution in [0.25, 0.3) is 0 Å². The van der Waals surface area contributed by atoms with Crippen LogP contribution < -0.4 is 16.3 Å². The molecule has 0 atom stereocenters. The minimum absolute atomic E-state index is 0.291. The lowest BCUT2D eigenvalue weighted by Crippen LogP contribution is -2.30. The van der Waals surface area contributed by atoms with Crippen LogP contribution in [0, 0.1) is 11.3 Å². The fraction of sp³-hybridized carbons (Fsp3) is 0.263. The van der Waals surface area contributed by atoms with Crippen molar-refractivity contribution in [2.24, 2.45) is 16.7 Å². The molecule has 4 N–H and O–H groups in total. The minimum Gasteiger partial charge on any atom is -0.489 e. The number of nitrogens with zero attached hydrogens (tertiary/aromatic N) is 3. The first-order valence-corrected chi connectivity index (χ1v) is 8.19.